The Kier molecular flexibility index (Phi) is 4.87. The van der Waals surface area contributed by atoms with Gasteiger partial charge in [0.25, 0.3) is 0 Å². The molecular formula is C5H6Cl4O2. The highest BCUT2D eigenvalue weighted by atomic mass is 35.5. The van der Waals surface area contributed by atoms with E-state index in [1.54, 1.807) is 0 Å². The molecule has 0 aromatic rings. The Morgan fingerprint density at radius 1 is 1.64 bits per heavy atom. The summed E-state index contributed by atoms with van der Waals surface area (Å²) in [6, 6.07) is 0. The molecule has 0 bridgehead atoms. The first kappa shape index (κ1) is 11.6. The van der Waals surface area contributed by atoms with Gasteiger partial charge in [0.05, 0.1) is 13.0 Å². The van der Waals surface area contributed by atoms with Crippen molar-refractivity contribution in [1.29, 1.82) is 0 Å². The number of hydrogen-bond donors (Lipinski definition) is 0. The van der Waals surface area contributed by atoms with Gasteiger partial charge in [-0.3, -0.25) is 4.79 Å². The van der Waals surface area contributed by atoms with Crippen LogP contribution < -0.4 is 0 Å². The third kappa shape index (κ3) is 2.55. The highest BCUT2D eigenvalue weighted by Gasteiger charge is 2.43. The molecule has 0 aromatic heterocycles. The molecule has 0 rings (SSSR count). The molecule has 0 aromatic carbocycles. The average Bonchev–Trinajstić information content (AvgIpc) is 2.01. The molecule has 6 heteroatoms. The Bertz CT molecular complexity index is 149. The smallest absolute Gasteiger partial charge is 0.331 e. The van der Waals surface area contributed by atoms with Crippen molar-refractivity contribution in [2.45, 2.75) is 9.71 Å². The molecule has 0 saturated carbocycles. The van der Waals surface area contributed by atoms with Crippen LogP contribution >= 0.6 is 46.4 Å². The van der Waals surface area contributed by atoms with Crippen LogP contribution in [-0.2, 0) is 9.53 Å². The second-order valence-electron chi connectivity index (χ2n) is 1.79. The molecule has 0 heterocycles. The van der Waals surface area contributed by atoms with Gasteiger partial charge in [-0.2, -0.15) is 0 Å². The topological polar surface area (TPSA) is 26.3 Å². The normalized spacial score (nSPS) is 16.2. The minimum absolute atomic E-state index is 0.196. The highest BCUT2D eigenvalue weighted by molar-refractivity contribution is 6.54. The van der Waals surface area contributed by atoms with Gasteiger partial charge in [-0.25, -0.2) is 0 Å². The number of ether oxygens (including phenoxy) is 1. The minimum Gasteiger partial charge on any atom is -0.468 e. The molecule has 0 saturated heterocycles. The van der Waals surface area contributed by atoms with Crippen LogP contribution in [0.1, 0.15) is 0 Å². The van der Waals surface area contributed by atoms with Gasteiger partial charge in [-0.1, -0.05) is 0 Å². The fraction of sp³-hybridized carbons (Fsp3) is 0.800. The van der Waals surface area contributed by atoms with Crippen molar-refractivity contribution in [3.8, 4) is 0 Å². The fourth-order valence-electron chi connectivity index (χ4n) is 0.372. The van der Waals surface area contributed by atoms with Crippen LogP contribution in [0.4, 0.5) is 0 Å². The number of hydrogen-bond acceptors (Lipinski definition) is 2. The molecule has 66 valence electrons. The molecule has 0 aliphatic heterocycles. The lowest BCUT2D eigenvalue weighted by atomic mass is 10.2. The monoisotopic (exact) mass is 238 g/mol. The van der Waals surface area contributed by atoms with Gasteiger partial charge in [0, 0.05) is 0 Å². The summed E-state index contributed by atoms with van der Waals surface area (Å²) in [7, 11) is 1.18. The lowest BCUT2D eigenvalue weighted by Crippen LogP contribution is -2.41. The van der Waals surface area contributed by atoms with E-state index in [2.05, 4.69) is 4.74 Å². The van der Waals surface area contributed by atoms with Gasteiger partial charge in [0.2, 0.25) is 0 Å². The Hall–Kier alpha value is 0.630. The largest absolute Gasteiger partial charge is 0.468 e. The molecule has 0 aliphatic rings. The summed E-state index contributed by atoms with van der Waals surface area (Å²) < 4.78 is 4.34. The molecule has 0 amide bonds. The summed E-state index contributed by atoms with van der Waals surface area (Å²) >= 11 is 21.8. The number of carbonyl (C=O) groups excluding carboxylic acids is 1. The third-order valence-electron chi connectivity index (χ3n) is 1.07. The molecular weight excluding hydrogens is 234 g/mol. The Morgan fingerprint density at radius 3 is 2.18 bits per heavy atom. The van der Waals surface area contributed by atoms with Gasteiger partial charge in [0.15, 0.2) is 4.87 Å². The second kappa shape index (κ2) is 4.61. The molecule has 0 N–H and O–H groups in total. The third-order valence-corrected chi connectivity index (χ3v) is 3.10. The fourth-order valence-corrected chi connectivity index (χ4v) is 1.20. The van der Waals surface area contributed by atoms with Gasteiger partial charge >= 0.3 is 5.97 Å². The Morgan fingerprint density at radius 2 is 2.09 bits per heavy atom. The molecule has 2 nitrogen and oxygen atoms in total. The highest BCUT2D eigenvalue weighted by Crippen LogP contribution is 2.30. The number of methoxy groups -OCH3 is 1. The molecule has 0 aliphatic carbocycles. The van der Waals surface area contributed by atoms with Crippen molar-refractivity contribution in [3.63, 3.8) is 0 Å². The van der Waals surface area contributed by atoms with E-state index in [-0.39, 0.29) is 5.88 Å². The standard InChI is InChI=1S/C5H6Cl4O2/c1-11-4(10)5(9,2-6)3(7)8/h3H,2H2,1H3. The van der Waals surface area contributed by atoms with Gasteiger partial charge in [-0.05, 0) is 0 Å². The molecule has 0 spiro atoms. The number of rotatable bonds is 3. The van der Waals surface area contributed by atoms with Crippen LogP contribution in [0.15, 0.2) is 0 Å². The zero-order chi connectivity index (χ0) is 9.07. The first-order valence-corrected chi connectivity index (χ1v) is 4.39. The van der Waals surface area contributed by atoms with E-state index < -0.39 is 15.7 Å². The van der Waals surface area contributed by atoms with Crippen molar-refractivity contribution in [2.24, 2.45) is 0 Å². The molecule has 0 radical (unpaired) electrons. The zero-order valence-corrected chi connectivity index (χ0v) is 8.64. The predicted molar refractivity (Wildman–Crippen MR) is 46.8 cm³/mol. The Labute approximate surface area is 84.7 Å². The van der Waals surface area contributed by atoms with Crippen LogP contribution in [0.25, 0.3) is 0 Å². The van der Waals surface area contributed by atoms with E-state index in [4.69, 9.17) is 46.4 Å². The lowest BCUT2D eigenvalue weighted by molar-refractivity contribution is -0.142. The molecule has 11 heavy (non-hydrogen) atoms. The van der Waals surface area contributed by atoms with E-state index in [0.717, 1.165) is 0 Å². The van der Waals surface area contributed by atoms with Crippen molar-refractivity contribution in [2.75, 3.05) is 13.0 Å². The van der Waals surface area contributed by atoms with E-state index >= 15 is 0 Å². The van der Waals surface area contributed by atoms with E-state index in [9.17, 15) is 4.79 Å². The van der Waals surface area contributed by atoms with Crippen LogP contribution in [0.2, 0.25) is 0 Å². The van der Waals surface area contributed by atoms with E-state index in [1.807, 2.05) is 0 Å². The van der Waals surface area contributed by atoms with Crippen molar-refractivity contribution in [1.82, 2.24) is 0 Å². The van der Waals surface area contributed by atoms with Crippen LogP contribution in [0.3, 0.4) is 0 Å². The molecule has 1 atom stereocenters. The van der Waals surface area contributed by atoms with Crippen LogP contribution in [-0.4, -0.2) is 28.7 Å². The van der Waals surface area contributed by atoms with Crippen LogP contribution in [0.5, 0.6) is 0 Å². The van der Waals surface area contributed by atoms with E-state index in [1.165, 1.54) is 7.11 Å². The van der Waals surface area contributed by atoms with Crippen molar-refractivity contribution in [3.05, 3.63) is 0 Å². The summed E-state index contributed by atoms with van der Waals surface area (Å²) in [5.41, 5.74) is 0. The minimum atomic E-state index is -1.54. The second-order valence-corrected chi connectivity index (χ2v) is 3.83. The van der Waals surface area contributed by atoms with Gasteiger partial charge in [0.1, 0.15) is 4.84 Å². The summed E-state index contributed by atoms with van der Waals surface area (Å²) in [6.07, 6.45) is 0. The maximum atomic E-state index is 10.9. The lowest BCUT2D eigenvalue weighted by Gasteiger charge is -2.21. The molecule has 1 unspecified atom stereocenters. The number of esters is 1. The number of alkyl halides is 4. The predicted octanol–water partition coefficient (Wildman–Crippen LogP) is 2.18. The van der Waals surface area contributed by atoms with Crippen LogP contribution in [0, 0.1) is 0 Å². The van der Waals surface area contributed by atoms with Crippen molar-refractivity contribution >= 4 is 52.4 Å². The number of carbonyl (C=O) groups is 1. The molecule has 0 fully saturated rings. The SMILES string of the molecule is COC(=O)C(Cl)(CCl)C(Cl)Cl. The summed E-state index contributed by atoms with van der Waals surface area (Å²) in [5, 5.41) is 0. The quantitative estimate of drug-likeness (QED) is 0.558. The summed E-state index contributed by atoms with van der Waals surface area (Å²) in [5.74, 6) is -0.928. The summed E-state index contributed by atoms with van der Waals surface area (Å²) in [4.78, 5) is 8.27. The zero-order valence-electron chi connectivity index (χ0n) is 5.61. The maximum Gasteiger partial charge on any atom is 0.331 e. The van der Waals surface area contributed by atoms with Gasteiger partial charge < -0.3 is 4.74 Å². The first-order valence-electron chi connectivity index (χ1n) is 2.60. The summed E-state index contributed by atoms with van der Waals surface area (Å²) in [6.45, 7) is 0. The van der Waals surface area contributed by atoms with E-state index in [0.29, 0.717) is 0 Å². The van der Waals surface area contributed by atoms with Crippen molar-refractivity contribution < 1.29 is 9.53 Å². The Balaban J connectivity index is 4.45. The first-order chi connectivity index (χ1) is 4.99. The number of halogens is 4. The average molecular weight is 240 g/mol. The maximum absolute atomic E-state index is 10.9. The van der Waals surface area contributed by atoms with Gasteiger partial charge in [-0.15, -0.1) is 46.4 Å².